The molecule has 0 saturated carbocycles. The van der Waals surface area contributed by atoms with Crippen molar-refractivity contribution in [3.63, 3.8) is 0 Å². The summed E-state index contributed by atoms with van der Waals surface area (Å²) in [5.74, 6) is 0.889. The topological polar surface area (TPSA) is 88.0 Å². The third-order valence-electron chi connectivity index (χ3n) is 4.63. The number of aromatic nitrogens is 2. The highest BCUT2D eigenvalue weighted by molar-refractivity contribution is 5.92. The Bertz CT molecular complexity index is 789. The predicted octanol–water partition coefficient (Wildman–Crippen LogP) is 2.45. The second-order valence-corrected chi connectivity index (χ2v) is 6.78. The maximum absolute atomic E-state index is 12.6. The third-order valence-corrected chi connectivity index (χ3v) is 4.63. The highest BCUT2D eigenvalue weighted by Gasteiger charge is 2.22. The second-order valence-electron chi connectivity index (χ2n) is 6.78. The molecule has 2 aromatic heterocycles. The average Bonchev–Trinajstić information content (AvgIpc) is 3.01. The van der Waals surface area contributed by atoms with Gasteiger partial charge in [0.05, 0.1) is 17.4 Å². The molecule has 0 aromatic carbocycles. The van der Waals surface area contributed by atoms with Crippen LogP contribution in [-0.4, -0.2) is 54.0 Å². The van der Waals surface area contributed by atoms with Crippen LogP contribution < -0.4 is 10.2 Å². The number of nitrogens with zero attached hydrogens (tertiary/aromatic N) is 4. The van der Waals surface area contributed by atoms with E-state index in [2.05, 4.69) is 15.3 Å². The molecule has 0 aliphatic carbocycles. The summed E-state index contributed by atoms with van der Waals surface area (Å²) in [6.07, 6.45) is 6.25. The highest BCUT2D eigenvalue weighted by atomic mass is 16.2. The maximum Gasteiger partial charge on any atom is 0.270 e. The van der Waals surface area contributed by atoms with Crippen molar-refractivity contribution in [2.45, 2.75) is 25.3 Å². The quantitative estimate of drug-likeness (QED) is 0.882. The number of amides is 1. The summed E-state index contributed by atoms with van der Waals surface area (Å²) < 4.78 is 0. The summed E-state index contributed by atoms with van der Waals surface area (Å²) in [6, 6.07) is 8.00. The lowest BCUT2D eigenvalue weighted by atomic mass is 10.1. The molecule has 0 bridgehead atoms. The zero-order chi connectivity index (χ0) is 18.5. The minimum Gasteiger partial charge on any atom is -0.381 e. The number of aromatic amines is 1. The van der Waals surface area contributed by atoms with Crippen molar-refractivity contribution >= 4 is 17.4 Å². The number of pyridine rings is 1. The largest absolute Gasteiger partial charge is 0.381 e. The van der Waals surface area contributed by atoms with E-state index in [4.69, 9.17) is 5.26 Å². The number of hydrogen-bond acceptors (Lipinski definition) is 5. The van der Waals surface area contributed by atoms with Gasteiger partial charge in [0.2, 0.25) is 0 Å². The van der Waals surface area contributed by atoms with Gasteiger partial charge in [0, 0.05) is 39.4 Å². The Kier molecular flexibility index (Phi) is 5.42. The number of H-pyrrole nitrogens is 1. The Labute approximate surface area is 153 Å². The highest BCUT2D eigenvalue weighted by Crippen LogP contribution is 2.19. The Morgan fingerprint density at radius 3 is 2.88 bits per heavy atom. The van der Waals surface area contributed by atoms with E-state index >= 15 is 0 Å². The lowest BCUT2D eigenvalue weighted by molar-refractivity contribution is 0.0756. The number of nitriles is 1. The molecule has 1 fully saturated rings. The van der Waals surface area contributed by atoms with E-state index in [1.54, 1.807) is 12.3 Å². The van der Waals surface area contributed by atoms with Crippen LogP contribution in [0.25, 0.3) is 0 Å². The molecule has 1 aliphatic rings. The molecule has 3 rings (SSSR count). The van der Waals surface area contributed by atoms with E-state index in [-0.39, 0.29) is 5.91 Å². The zero-order valence-electron chi connectivity index (χ0n) is 15.2. The van der Waals surface area contributed by atoms with Crippen LogP contribution in [-0.2, 0) is 0 Å². The minimum atomic E-state index is -0.0378. The molecule has 0 spiro atoms. The van der Waals surface area contributed by atoms with Crippen LogP contribution in [0.15, 0.2) is 30.6 Å². The number of hydrogen-bond donors (Lipinski definition) is 2. The first-order chi connectivity index (χ1) is 12.6. The number of nitrogens with one attached hydrogen (secondary N) is 2. The van der Waals surface area contributed by atoms with Gasteiger partial charge < -0.3 is 20.1 Å². The third kappa shape index (κ3) is 4.14. The molecule has 7 nitrogen and oxygen atoms in total. The molecule has 2 N–H and O–H groups in total. The summed E-state index contributed by atoms with van der Waals surface area (Å²) in [4.78, 5) is 23.8. The first-order valence-electron chi connectivity index (χ1n) is 8.84. The molecule has 2 aromatic rings. The van der Waals surface area contributed by atoms with Crippen LogP contribution >= 0.6 is 0 Å². The molecule has 1 aliphatic heterocycles. The van der Waals surface area contributed by atoms with Crippen LogP contribution in [0.4, 0.5) is 11.5 Å². The van der Waals surface area contributed by atoms with Crippen LogP contribution in [0.1, 0.15) is 35.3 Å². The van der Waals surface area contributed by atoms with Gasteiger partial charge in [-0.05, 0) is 37.5 Å². The van der Waals surface area contributed by atoms with E-state index in [9.17, 15) is 4.79 Å². The van der Waals surface area contributed by atoms with Gasteiger partial charge in [-0.3, -0.25) is 4.79 Å². The molecule has 26 heavy (non-hydrogen) atoms. The van der Waals surface area contributed by atoms with Crippen molar-refractivity contribution in [1.82, 2.24) is 14.9 Å². The number of carbonyl (C=O) groups is 1. The van der Waals surface area contributed by atoms with Gasteiger partial charge in [0.15, 0.2) is 0 Å². The summed E-state index contributed by atoms with van der Waals surface area (Å²) in [5, 5.41) is 12.4. The Morgan fingerprint density at radius 2 is 2.23 bits per heavy atom. The van der Waals surface area contributed by atoms with E-state index in [0.29, 0.717) is 23.8 Å². The fourth-order valence-electron chi connectivity index (χ4n) is 3.17. The van der Waals surface area contributed by atoms with Gasteiger partial charge in [-0.15, -0.1) is 0 Å². The molecule has 0 unspecified atom stereocenters. The number of carbonyl (C=O) groups excluding carboxylic acids is 1. The summed E-state index contributed by atoms with van der Waals surface area (Å²) in [6.45, 7) is 1.43. The van der Waals surface area contributed by atoms with Crippen LogP contribution in [0.3, 0.4) is 0 Å². The van der Waals surface area contributed by atoms with Gasteiger partial charge in [-0.2, -0.15) is 5.26 Å². The van der Waals surface area contributed by atoms with Gasteiger partial charge in [-0.25, -0.2) is 4.98 Å². The van der Waals surface area contributed by atoms with Gasteiger partial charge in [0.25, 0.3) is 5.91 Å². The van der Waals surface area contributed by atoms with Crippen molar-refractivity contribution in [2.75, 3.05) is 37.4 Å². The molecule has 1 saturated heterocycles. The van der Waals surface area contributed by atoms with E-state index in [0.717, 1.165) is 37.3 Å². The zero-order valence-corrected chi connectivity index (χ0v) is 15.2. The predicted molar refractivity (Wildman–Crippen MR) is 101 cm³/mol. The molecule has 1 atom stereocenters. The fourth-order valence-corrected chi connectivity index (χ4v) is 3.17. The molecule has 0 radical (unpaired) electrons. The van der Waals surface area contributed by atoms with Crippen LogP contribution in [0.5, 0.6) is 0 Å². The molecule has 3 heterocycles. The van der Waals surface area contributed by atoms with Gasteiger partial charge >= 0.3 is 0 Å². The summed E-state index contributed by atoms with van der Waals surface area (Å²) in [5.41, 5.74) is 1.97. The standard InChI is InChI=1S/C19H24N6O/c1-24(2)18-6-5-16(13-22-18)23-15-4-3-8-25(9-7-15)19(26)17-10-14(11-20)12-21-17/h5-6,10,12-13,15,21,23H,3-4,7-9H2,1-2H3/t15-/m1/s1. The molecule has 136 valence electrons. The van der Waals surface area contributed by atoms with E-state index in [1.807, 2.05) is 48.3 Å². The normalized spacial score (nSPS) is 17.3. The molecular weight excluding hydrogens is 328 g/mol. The number of anilines is 2. The van der Waals surface area contributed by atoms with Crippen molar-refractivity contribution in [3.8, 4) is 6.07 Å². The maximum atomic E-state index is 12.6. The Morgan fingerprint density at radius 1 is 1.38 bits per heavy atom. The molecule has 1 amide bonds. The summed E-state index contributed by atoms with van der Waals surface area (Å²) in [7, 11) is 3.94. The van der Waals surface area contributed by atoms with Gasteiger partial charge in [0.1, 0.15) is 17.6 Å². The van der Waals surface area contributed by atoms with Gasteiger partial charge in [-0.1, -0.05) is 0 Å². The molecular formula is C19H24N6O. The number of rotatable bonds is 4. The lowest BCUT2D eigenvalue weighted by Crippen LogP contribution is -2.32. The Balaban J connectivity index is 1.57. The van der Waals surface area contributed by atoms with E-state index in [1.165, 1.54) is 0 Å². The van der Waals surface area contributed by atoms with Crippen molar-refractivity contribution in [2.24, 2.45) is 0 Å². The van der Waals surface area contributed by atoms with Crippen molar-refractivity contribution in [1.29, 1.82) is 5.26 Å². The van der Waals surface area contributed by atoms with Crippen LogP contribution in [0.2, 0.25) is 0 Å². The van der Waals surface area contributed by atoms with Crippen molar-refractivity contribution < 1.29 is 4.79 Å². The average molecular weight is 352 g/mol. The number of likely N-dealkylation sites (tertiary alicyclic amines) is 1. The first kappa shape index (κ1) is 17.8. The first-order valence-corrected chi connectivity index (χ1v) is 8.84. The van der Waals surface area contributed by atoms with Crippen molar-refractivity contribution in [3.05, 3.63) is 41.9 Å². The fraction of sp³-hybridized carbons (Fsp3) is 0.421. The summed E-state index contributed by atoms with van der Waals surface area (Å²) >= 11 is 0. The van der Waals surface area contributed by atoms with E-state index < -0.39 is 0 Å². The molecule has 7 heteroatoms. The second kappa shape index (κ2) is 7.91. The monoisotopic (exact) mass is 352 g/mol. The SMILES string of the molecule is CN(C)c1ccc(N[C@@H]2CCCN(C(=O)c3cc(C#N)c[nH]3)CC2)cn1. The van der Waals surface area contributed by atoms with Crippen LogP contribution in [0, 0.1) is 11.3 Å². The Hall–Kier alpha value is -3.01. The lowest BCUT2D eigenvalue weighted by Gasteiger charge is -2.21. The smallest absolute Gasteiger partial charge is 0.270 e. The minimum absolute atomic E-state index is 0.0378.